The first-order valence-electron chi connectivity index (χ1n) is 9.72. The average Bonchev–Trinajstić information content (AvgIpc) is 3.24. The molecule has 4 rings (SSSR count). The summed E-state index contributed by atoms with van der Waals surface area (Å²) in [5, 5.41) is 14.5. The lowest BCUT2D eigenvalue weighted by atomic mass is 9.75. The van der Waals surface area contributed by atoms with E-state index in [9.17, 15) is 5.11 Å². The van der Waals surface area contributed by atoms with Gasteiger partial charge in [-0.2, -0.15) is 5.10 Å². The summed E-state index contributed by atoms with van der Waals surface area (Å²) in [5.74, 6) is 0. The van der Waals surface area contributed by atoms with Crippen LogP contribution in [0.25, 0.3) is 5.69 Å². The Bertz CT molecular complexity index is 830. The summed E-state index contributed by atoms with van der Waals surface area (Å²) >= 11 is 0. The zero-order chi connectivity index (χ0) is 18.5. The van der Waals surface area contributed by atoms with Crippen molar-refractivity contribution < 1.29 is 5.11 Å². The number of aliphatic hydroxyl groups is 1. The maximum atomic E-state index is 10.2. The van der Waals surface area contributed by atoms with Gasteiger partial charge >= 0.3 is 0 Å². The monoisotopic (exact) mass is 361 g/mol. The number of hydrogen-bond acceptors (Lipinski definition) is 3. The van der Waals surface area contributed by atoms with Gasteiger partial charge in [-0.3, -0.25) is 4.90 Å². The van der Waals surface area contributed by atoms with E-state index < -0.39 is 0 Å². The molecule has 0 radical (unpaired) electrons. The summed E-state index contributed by atoms with van der Waals surface area (Å²) in [4.78, 5) is 2.49. The molecule has 2 aromatic carbocycles. The zero-order valence-electron chi connectivity index (χ0n) is 15.7. The van der Waals surface area contributed by atoms with Gasteiger partial charge in [-0.15, -0.1) is 0 Å². The van der Waals surface area contributed by atoms with Crippen molar-refractivity contribution in [1.82, 2.24) is 14.7 Å². The van der Waals surface area contributed by atoms with Gasteiger partial charge < -0.3 is 5.11 Å². The number of aliphatic hydroxyl groups excluding tert-OH is 1. The molecule has 4 heteroatoms. The van der Waals surface area contributed by atoms with Crippen molar-refractivity contribution in [1.29, 1.82) is 0 Å². The Morgan fingerprint density at radius 2 is 1.78 bits per heavy atom. The molecule has 27 heavy (non-hydrogen) atoms. The first-order valence-corrected chi connectivity index (χ1v) is 9.72. The minimum atomic E-state index is -0.0331. The minimum absolute atomic E-state index is 0.0331. The minimum Gasteiger partial charge on any atom is -0.396 e. The molecule has 2 heterocycles. The lowest BCUT2D eigenvalue weighted by molar-refractivity contribution is 0.0288. The first-order chi connectivity index (χ1) is 13.3. The second kappa shape index (κ2) is 8.07. The van der Waals surface area contributed by atoms with Gasteiger partial charge in [0.05, 0.1) is 12.3 Å². The molecule has 0 saturated carbocycles. The fourth-order valence-electron chi connectivity index (χ4n) is 4.24. The number of piperidine rings is 1. The molecule has 3 aromatic rings. The fourth-order valence-corrected chi connectivity index (χ4v) is 4.24. The third-order valence-corrected chi connectivity index (χ3v) is 5.61. The molecule has 0 amide bonds. The Hall–Kier alpha value is -2.43. The van der Waals surface area contributed by atoms with Gasteiger partial charge in [-0.05, 0) is 55.1 Å². The molecule has 0 aliphatic carbocycles. The maximum Gasteiger partial charge on any atom is 0.0645 e. The highest BCUT2D eigenvalue weighted by Gasteiger charge is 2.35. The number of benzene rings is 2. The summed E-state index contributed by atoms with van der Waals surface area (Å²) in [6.07, 6.45) is 6.92. The third kappa shape index (κ3) is 4.29. The van der Waals surface area contributed by atoms with Crippen LogP contribution in [0.15, 0.2) is 73.1 Å². The number of nitrogens with zero attached hydrogens (tertiary/aromatic N) is 3. The Morgan fingerprint density at radius 1 is 0.963 bits per heavy atom. The maximum absolute atomic E-state index is 10.2. The molecule has 0 spiro atoms. The van der Waals surface area contributed by atoms with Gasteiger partial charge in [-0.25, -0.2) is 4.68 Å². The van der Waals surface area contributed by atoms with E-state index in [-0.39, 0.29) is 12.0 Å². The Morgan fingerprint density at radius 3 is 2.48 bits per heavy atom. The highest BCUT2D eigenvalue weighted by molar-refractivity contribution is 5.33. The molecule has 1 atom stereocenters. The topological polar surface area (TPSA) is 41.3 Å². The van der Waals surface area contributed by atoms with Crippen LogP contribution in [0.1, 0.15) is 24.0 Å². The van der Waals surface area contributed by atoms with E-state index in [4.69, 9.17) is 0 Å². The SMILES string of the molecule is OCC1(Cc2ccccc2)CCCN(Cc2ccc(-n3cccn3)cc2)C1. The van der Waals surface area contributed by atoms with Crippen LogP contribution in [-0.2, 0) is 13.0 Å². The predicted molar refractivity (Wildman–Crippen MR) is 108 cm³/mol. The molecule has 1 N–H and O–H groups in total. The van der Waals surface area contributed by atoms with Crippen LogP contribution in [0.5, 0.6) is 0 Å². The van der Waals surface area contributed by atoms with Crippen molar-refractivity contribution in [2.24, 2.45) is 5.41 Å². The average molecular weight is 361 g/mol. The molecule has 1 aliphatic heterocycles. The Kier molecular flexibility index (Phi) is 5.37. The standard InChI is InChI=1S/C23H27N3O/c27-19-23(16-20-6-2-1-3-7-20)12-4-14-25(18-23)17-21-8-10-22(11-9-21)26-15-5-13-24-26/h1-3,5-11,13,15,27H,4,12,14,16-19H2. The normalized spacial score (nSPS) is 20.6. The molecule has 4 nitrogen and oxygen atoms in total. The van der Waals surface area contributed by atoms with Gasteiger partial charge in [0.25, 0.3) is 0 Å². The summed E-state index contributed by atoms with van der Waals surface area (Å²) in [7, 11) is 0. The third-order valence-electron chi connectivity index (χ3n) is 5.61. The van der Waals surface area contributed by atoms with Crippen LogP contribution in [0, 0.1) is 5.41 Å². The van der Waals surface area contributed by atoms with Crippen molar-refractivity contribution in [2.45, 2.75) is 25.8 Å². The van der Waals surface area contributed by atoms with Crippen LogP contribution in [0.2, 0.25) is 0 Å². The van der Waals surface area contributed by atoms with Crippen molar-refractivity contribution in [3.05, 3.63) is 84.2 Å². The lowest BCUT2D eigenvalue weighted by Gasteiger charge is -2.42. The van der Waals surface area contributed by atoms with Gasteiger partial charge in [0.2, 0.25) is 0 Å². The molecular weight excluding hydrogens is 334 g/mol. The van der Waals surface area contributed by atoms with Gasteiger partial charge in [0.1, 0.15) is 0 Å². The van der Waals surface area contributed by atoms with Crippen LogP contribution < -0.4 is 0 Å². The molecule has 140 valence electrons. The quantitative estimate of drug-likeness (QED) is 0.728. The van der Waals surface area contributed by atoms with Gasteiger partial charge in [-0.1, -0.05) is 42.5 Å². The van der Waals surface area contributed by atoms with E-state index in [2.05, 4.69) is 64.6 Å². The smallest absolute Gasteiger partial charge is 0.0645 e. The van der Waals surface area contributed by atoms with E-state index in [0.717, 1.165) is 44.6 Å². The number of rotatable bonds is 6. The van der Waals surface area contributed by atoms with Gasteiger partial charge in [0, 0.05) is 30.9 Å². The summed E-state index contributed by atoms with van der Waals surface area (Å²) in [6.45, 7) is 3.21. The van der Waals surface area contributed by atoms with Crippen LogP contribution >= 0.6 is 0 Å². The van der Waals surface area contributed by atoms with E-state index in [0.29, 0.717) is 0 Å². The lowest BCUT2D eigenvalue weighted by Crippen LogP contribution is -2.46. The van der Waals surface area contributed by atoms with Crippen molar-refractivity contribution >= 4 is 0 Å². The number of hydrogen-bond donors (Lipinski definition) is 1. The van der Waals surface area contributed by atoms with E-state index >= 15 is 0 Å². The molecule has 1 unspecified atom stereocenters. The molecule has 1 saturated heterocycles. The van der Waals surface area contributed by atoms with Gasteiger partial charge in [0.15, 0.2) is 0 Å². The largest absolute Gasteiger partial charge is 0.396 e. The van der Waals surface area contributed by atoms with Crippen LogP contribution in [0.4, 0.5) is 0 Å². The van der Waals surface area contributed by atoms with Crippen molar-refractivity contribution in [3.63, 3.8) is 0 Å². The van der Waals surface area contributed by atoms with E-state index in [1.807, 2.05) is 16.9 Å². The molecule has 1 fully saturated rings. The second-order valence-electron chi connectivity index (χ2n) is 7.75. The van der Waals surface area contributed by atoms with Crippen molar-refractivity contribution in [2.75, 3.05) is 19.7 Å². The number of aromatic nitrogens is 2. The van der Waals surface area contributed by atoms with E-state index in [1.54, 1.807) is 6.20 Å². The van der Waals surface area contributed by atoms with Crippen LogP contribution in [-0.4, -0.2) is 39.5 Å². The highest BCUT2D eigenvalue weighted by atomic mass is 16.3. The van der Waals surface area contributed by atoms with Crippen molar-refractivity contribution in [3.8, 4) is 5.69 Å². The summed E-state index contributed by atoms with van der Waals surface area (Å²) in [5.41, 5.74) is 3.67. The second-order valence-corrected chi connectivity index (χ2v) is 7.75. The summed E-state index contributed by atoms with van der Waals surface area (Å²) < 4.78 is 1.88. The predicted octanol–water partition coefficient (Wildman–Crippen LogP) is 3.69. The van der Waals surface area contributed by atoms with Crippen LogP contribution in [0.3, 0.4) is 0 Å². The first kappa shape index (κ1) is 18.0. The molecular formula is C23H27N3O. The molecule has 1 aromatic heterocycles. The fraction of sp³-hybridized carbons (Fsp3) is 0.348. The zero-order valence-corrected chi connectivity index (χ0v) is 15.7. The Labute approximate surface area is 161 Å². The highest BCUT2D eigenvalue weighted by Crippen LogP contribution is 2.34. The molecule has 1 aliphatic rings. The Balaban J connectivity index is 1.43. The van der Waals surface area contributed by atoms with E-state index in [1.165, 1.54) is 11.1 Å². The summed E-state index contributed by atoms with van der Waals surface area (Å²) in [6, 6.07) is 21.1. The molecule has 0 bridgehead atoms. The number of likely N-dealkylation sites (tertiary alicyclic amines) is 1.